The van der Waals surface area contributed by atoms with Gasteiger partial charge in [0.2, 0.25) is 0 Å². The van der Waals surface area contributed by atoms with Gasteiger partial charge in [-0.3, -0.25) is 0 Å². The molecule has 1 aromatic rings. The van der Waals surface area contributed by atoms with Gasteiger partial charge < -0.3 is 5.73 Å². The lowest BCUT2D eigenvalue weighted by atomic mass is 10.0. The van der Waals surface area contributed by atoms with Gasteiger partial charge in [-0.2, -0.15) is 0 Å². The van der Waals surface area contributed by atoms with Crippen molar-refractivity contribution in [3.63, 3.8) is 0 Å². The van der Waals surface area contributed by atoms with Crippen LogP contribution in [0.4, 0.5) is 13.2 Å². The zero-order chi connectivity index (χ0) is 10.7. The predicted octanol–water partition coefficient (Wildman–Crippen LogP) is 3.17. The normalized spacial score (nSPS) is 13.3. The van der Waals surface area contributed by atoms with E-state index in [4.69, 9.17) is 5.73 Å². The molecule has 78 valence electrons. The lowest BCUT2D eigenvalue weighted by Gasteiger charge is -2.12. The van der Waals surface area contributed by atoms with E-state index in [1.807, 2.05) is 0 Å². The molecule has 0 spiro atoms. The van der Waals surface area contributed by atoms with E-state index in [0.717, 1.165) is 6.07 Å². The molecule has 1 aromatic carbocycles. The topological polar surface area (TPSA) is 26.0 Å². The summed E-state index contributed by atoms with van der Waals surface area (Å²) in [6.45, 7) is 1.78. The van der Waals surface area contributed by atoms with Gasteiger partial charge in [0.25, 0.3) is 6.43 Å². The van der Waals surface area contributed by atoms with E-state index in [1.165, 1.54) is 12.1 Å². The number of alkyl halides is 2. The number of halogens is 3. The minimum absolute atomic E-state index is 0.158. The van der Waals surface area contributed by atoms with Gasteiger partial charge in [-0.1, -0.05) is 25.1 Å². The molecule has 14 heavy (non-hydrogen) atoms. The Kier molecular flexibility index (Phi) is 3.52. The second kappa shape index (κ2) is 4.46. The second-order valence-corrected chi connectivity index (χ2v) is 3.07. The first kappa shape index (κ1) is 11.0. The number of nitrogens with two attached hydrogens (primary N) is 1. The Balaban J connectivity index is 3.13. The van der Waals surface area contributed by atoms with Crippen LogP contribution in [-0.2, 0) is 0 Å². The molecule has 0 saturated heterocycles. The molecule has 0 fully saturated rings. The van der Waals surface area contributed by atoms with Crippen molar-refractivity contribution in [1.82, 2.24) is 0 Å². The first-order valence-electron chi connectivity index (χ1n) is 4.40. The van der Waals surface area contributed by atoms with Crippen LogP contribution in [0.3, 0.4) is 0 Å². The van der Waals surface area contributed by atoms with Crippen LogP contribution in [0.15, 0.2) is 18.2 Å². The minimum atomic E-state index is -2.79. The molecule has 0 aliphatic rings. The Labute approximate surface area is 80.7 Å². The molecule has 0 bridgehead atoms. The van der Waals surface area contributed by atoms with Gasteiger partial charge in [0, 0.05) is 11.6 Å². The Hall–Kier alpha value is -1.03. The fourth-order valence-corrected chi connectivity index (χ4v) is 1.24. The molecule has 0 unspecified atom stereocenters. The molecular weight excluding hydrogens is 191 g/mol. The Bertz CT molecular complexity index is 312. The summed E-state index contributed by atoms with van der Waals surface area (Å²) in [4.78, 5) is 0. The molecule has 4 heteroatoms. The maximum Gasteiger partial charge on any atom is 0.266 e. The van der Waals surface area contributed by atoms with Crippen LogP contribution < -0.4 is 5.73 Å². The van der Waals surface area contributed by atoms with Gasteiger partial charge in [0.15, 0.2) is 0 Å². The molecule has 0 heterocycles. The maximum atomic E-state index is 13.4. The summed E-state index contributed by atoms with van der Waals surface area (Å²) in [5.74, 6) is -0.878. The lowest BCUT2D eigenvalue weighted by Crippen LogP contribution is -2.12. The monoisotopic (exact) mass is 203 g/mol. The van der Waals surface area contributed by atoms with Crippen LogP contribution in [0.1, 0.15) is 36.9 Å². The Morgan fingerprint density at radius 2 is 1.86 bits per heavy atom. The van der Waals surface area contributed by atoms with E-state index in [9.17, 15) is 13.2 Å². The standard InChI is InChI=1S/C10H12F3N/c1-2-8(14)6-4-3-5-7(9(6)11)10(12)13/h3-5,8,10H,2,14H2,1H3/t8-/m0/s1. The molecule has 2 N–H and O–H groups in total. The molecule has 0 saturated carbocycles. The van der Waals surface area contributed by atoms with Crippen LogP contribution in [0.25, 0.3) is 0 Å². The van der Waals surface area contributed by atoms with Crippen LogP contribution in [0.2, 0.25) is 0 Å². The number of rotatable bonds is 3. The molecule has 1 nitrogen and oxygen atoms in total. The van der Waals surface area contributed by atoms with Crippen LogP contribution in [0.5, 0.6) is 0 Å². The zero-order valence-electron chi connectivity index (χ0n) is 7.81. The highest BCUT2D eigenvalue weighted by atomic mass is 19.3. The summed E-state index contributed by atoms with van der Waals surface area (Å²) < 4.78 is 38.0. The van der Waals surface area contributed by atoms with Gasteiger partial charge in [-0.15, -0.1) is 0 Å². The van der Waals surface area contributed by atoms with Crippen molar-refractivity contribution in [1.29, 1.82) is 0 Å². The molecule has 0 radical (unpaired) electrons. The third-order valence-corrected chi connectivity index (χ3v) is 2.13. The zero-order valence-corrected chi connectivity index (χ0v) is 7.81. The van der Waals surface area contributed by atoms with Crippen molar-refractivity contribution in [2.45, 2.75) is 25.8 Å². The van der Waals surface area contributed by atoms with Crippen molar-refractivity contribution in [3.05, 3.63) is 35.1 Å². The number of hydrogen-bond acceptors (Lipinski definition) is 1. The first-order valence-corrected chi connectivity index (χ1v) is 4.40. The number of benzene rings is 1. The Morgan fingerprint density at radius 3 is 2.36 bits per heavy atom. The summed E-state index contributed by atoms with van der Waals surface area (Å²) in [5.41, 5.74) is 5.16. The largest absolute Gasteiger partial charge is 0.324 e. The summed E-state index contributed by atoms with van der Waals surface area (Å²) in [6, 6.07) is 3.39. The van der Waals surface area contributed by atoms with Gasteiger partial charge in [0.1, 0.15) is 5.82 Å². The van der Waals surface area contributed by atoms with E-state index in [-0.39, 0.29) is 5.56 Å². The lowest BCUT2D eigenvalue weighted by molar-refractivity contribution is 0.146. The summed E-state index contributed by atoms with van der Waals surface area (Å²) in [5, 5.41) is 0. The average molecular weight is 203 g/mol. The summed E-state index contributed by atoms with van der Waals surface area (Å²) in [7, 11) is 0. The minimum Gasteiger partial charge on any atom is -0.324 e. The van der Waals surface area contributed by atoms with Gasteiger partial charge >= 0.3 is 0 Å². The Morgan fingerprint density at radius 1 is 1.29 bits per heavy atom. The SMILES string of the molecule is CC[C@H](N)c1cccc(C(F)F)c1F. The van der Waals surface area contributed by atoms with Crippen molar-refractivity contribution >= 4 is 0 Å². The highest BCUT2D eigenvalue weighted by Crippen LogP contribution is 2.27. The van der Waals surface area contributed by atoms with E-state index in [1.54, 1.807) is 6.92 Å². The summed E-state index contributed by atoms with van der Waals surface area (Å²) in [6.07, 6.45) is -2.28. The quantitative estimate of drug-likeness (QED) is 0.802. The van der Waals surface area contributed by atoms with Gasteiger partial charge in [-0.05, 0) is 6.42 Å². The highest BCUT2D eigenvalue weighted by Gasteiger charge is 2.18. The van der Waals surface area contributed by atoms with Crippen molar-refractivity contribution < 1.29 is 13.2 Å². The molecule has 1 rings (SSSR count). The molecule has 0 aliphatic carbocycles. The van der Waals surface area contributed by atoms with Crippen molar-refractivity contribution in [2.75, 3.05) is 0 Å². The van der Waals surface area contributed by atoms with E-state index in [0.29, 0.717) is 6.42 Å². The summed E-state index contributed by atoms with van der Waals surface area (Å²) >= 11 is 0. The van der Waals surface area contributed by atoms with Crippen LogP contribution >= 0.6 is 0 Å². The predicted molar refractivity (Wildman–Crippen MR) is 48.6 cm³/mol. The van der Waals surface area contributed by atoms with Gasteiger partial charge in [0.05, 0.1) is 5.56 Å². The first-order chi connectivity index (χ1) is 6.57. The van der Waals surface area contributed by atoms with Crippen LogP contribution in [-0.4, -0.2) is 0 Å². The van der Waals surface area contributed by atoms with E-state index >= 15 is 0 Å². The fourth-order valence-electron chi connectivity index (χ4n) is 1.24. The number of hydrogen-bond donors (Lipinski definition) is 1. The average Bonchev–Trinajstić information content (AvgIpc) is 2.16. The fraction of sp³-hybridized carbons (Fsp3) is 0.400. The highest BCUT2D eigenvalue weighted by molar-refractivity contribution is 5.28. The van der Waals surface area contributed by atoms with Gasteiger partial charge in [-0.25, -0.2) is 13.2 Å². The molecule has 0 aliphatic heterocycles. The maximum absolute atomic E-state index is 13.4. The van der Waals surface area contributed by atoms with Crippen LogP contribution in [0, 0.1) is 5.82 Å². The molecule has 0 amide bonds. The third kappa shape index (κ3) is 2.07. The van der Waals surface area contributed by atoms with E-state index in [2.05, 4.69) is 0 Å². The third-order valence-electron chi connectivity index (χ3n) is 2.13. The smallest absolute Gasteiger partial charge is 0.266 e. The van der Waals surface area contributed by atoms with Crippen molar-refractivity contribution in [2.24, 2.45) is 5.73 Å². The molecular formula is C10H12F3N. The molecule has 0 aromatic heterocycles. The van der Waals surface area contributed by atoms with Crippen molar-refractivity contribution in [3.8, 4) is 0 Å². The molecule has 1 atom stereocenters. The second-order valence-electron chi connectivity index (χ2n) is 3.07. The van der Waals surface area contributed by atoms with E-state index < -0.39 is 23.8 Å².